The molecule has 0 saturated heterocycles. The lowest BCUT2D eigenvalue weighted by Crippen LogP contribution is -2.31. The Hall–Kier alpha value is -0.530. The zero-order valence-corrected chi connectivity index (χ0v) is 9.94. The highest BCUT2D eigenvalue weighted by Crippen LogP contribution is 2.12. The van der Waals surface area contributed by atoms with Gasteiger partial charge < -0.3 is 5.32 Å². The summed E-state index contributed by atoms with van der Waals surface area (Å²) in [5, 5.41) is 3.00. The third-order valence-corrected chi connectivity index (χ3v) is 2.60. The molecule has 0 fully saturated rings. The molecule has 1 amide bonds. The maximum Gasteiger partial charge on any atom is 0.223 e. The molecule has 0 rings (SSSR count). The highest BCUT2D eigenvalue weighted by atomic mass is 16.1. The average molecular weight is 199 g/mol. The molecule has 0 spiro atoms. The summed E-state index contributed by atoms with van der Waals surface area (Å²) in [5.74, 6) is 0.501. The smallest absolute Gasteiger partial charge is 0.223 e. The molecular formula is C12H25NO. The van der Waals surface area contributed by atoms with Crippen molar-refractivity contribution < 1.29 is 4.79 Å². The van der Waals surface area contributed by atoms with Crippen LogP contribution >= 0.6 is 0 Å². The van der Waals surface area contributed by atoms with Gasteiger partial charge in [-0.2, -0.15) is 0 Å². The van der Waals surface area contributed by atoms with Gasteiger partial charge in [-0.05, 0) is 19.3 Å². The Balaban J connectivity index is 3.67. The summed E-state index contributed by atoms with van der Waals surface area (Å²) in [5.41, 5.74) is 0. The topological polar surface area (TPSA) is 29.1 Å². The maximum atomic E-state index is 11.6. The molecule has 0 aliphatic heterocycles. The lowest BCUT2D eigenvalue weighted by Gasteiger charge is -2.14. The number of amides is 1. The normalized spacial score (nSPS) is 12.5. The summed E-state index contributed by atoms with van der Waals surface area (Å²) < 4.78 is 0. The largest absolute Gasteiger partial charge is 0.356 e. The minimum absolute atomic E-state index is 0.242. The molecule has 0 aromatic heterocycles. The number of carbonyl (C=O) groups is 1. The first-order valence-electron chi connectivity index (χ1n) is 6.03. The van der Waals surface area contributed by atoms with Gasteiger partial charge in [-0.1, -0.05) is 40.0 Å². The molecule has 2 heteroatoms. The zero-order chi connectivity index (χ0) is 10.8. The van der Waals surface area contributed by atoms with E-state index in [-0.39, 0.29) is 11.8 Å². The second-order valence-electron chi connectivity index (χ2n) is 3.89. The fourth-order valence-corrected chi connectivity index (χ4v) is 1.50. The van der Waals surface area contributed by atoms with Crippen LogP contribution in [0.25, 0.3) is 0 Å². The van der Waals surface area contributed by atoms with E-state index in [4.69, 9.17) is 0 Å². The van der Waals surface area contributed by atoms with E-state index < -0.39 is 0 Å². The number of hydrogen-bond donors (Lipinski definition) is 1. The Morgan fingerprint density at radius 2 is 1.79 bits per heavy atom. The van der Waals surface area contributed by atoms with Crippen molar-refractivity contribution in [3.63, 3.8) is 0 Å². The van der Waals surface area contributed by atoms with Gasteiger partial charge in [0.1, 0.15) is 0 Å². The van der Waals surface area contributed by atoms with Crippen LogP contribution in [0.5, 0.6) is 0 Å². The lowest BCUT2D eigenvalue weighted by molar-refractivity contribution is -0.125. The SMILES string of the molecule is CCCCNC(=O)C(CC)CCCC. The molecule has 1 atom stereocenters. The molecule has 0 radical (unpaired) electrons. The first-order valence-corrected chi connectivity index (χ1v) is 6.03. The van der Waals surface area contributed by atoms with Crippen molar-refractivity contribution in [2.45, 2.75) is 59.3 Å². The predicted octanol–water partition coefficient (Wildman–Crippen LogP) is 3.12. The Morgan fingerprint density at radius 1 is 1.14 bits per heavy atom. The molecule has 0 saturated carbocycles. The molecule has 0 aliphatic rings. The number of hydrogen-bond acceptors (Lipinski definition) is 1. The molecule has 0 aromatic rings. The molecule has 1 N–H and O–H groups in total. The van der Waals surface area contributed by atoms with Crippen molar-refractivity contribution in [1.29, 1.82) is 0 Å². The molecule has 0 aliphatic carbocycles. The van der Waals surface area contributed by atoms with Gasteiger partial charge in [0.15, 0.2) is 0 Å². The first kappa shape index (κ1) is 13.5. The highest BCUT2D eigenvalue weighted by molar-refractivity contribution is 5.78. The van der Waals surface area contributed by atoms with Crippen LogP contribution < -0.4 is 5.32 Å². The molecule has 84 valence electrons. The number of unbranched alkanes of at least 4 members (excludes halogenated alkanes) is 2. The van der Waals surface area contributed by atoms with Crippen LogP contribution in [0, 0.1) is 5.92 Å². The van der Waals surface area contributed by atoms with Gasteiger partial charge in [0, 0.05) is 12.5 Å². The van der Waals surface area contributed by atoms with Crippen LogP contribution in [-0.4, -0.2) is 12.5 Å². The van der Waals surface area contributed by atoms with Crippen molar-refractivity contribution in [2.24, 2.45) is 5.92 Å². The van der Waals surface area contributed by atoms with E-state index in [1.54, 1.807) is 0 Å². The van der Waals surface area contributed by atoms with Gasteiger partial charge in [0.2, 0.25) is 5.91 Å². The second kappa shape index (κ2) is 9.04. The summed E-state index contributed by atoms with van der Waals surface area (Å²) in [4.78, 5) is 11.6. The van der Waals surface area contributed by atoms with Gasteiger partial charge in [-0.15, -0.1) is 0 Å². The summed E-state index contributed by atoms with van der Waals surface area (Å²) in [7, 11) is 0. The van der Waals surface area contributed by atoms with Crippen LogP contribution in [-0.2, 0) is 4.79 Å². The van der Waals surface area contributed by atoms with E-state index in [9.17, 15) is 4.79 Å². The minimum Gasteiger partial charge on any atom is -0.356 e. The fourth-order valence-electron chi connectivity index (χ4n) is 1.50. The Kier molecular flexibility index (Phi) is 8.70. The highest BCUT2D eigenvalue weighted by Gasteiger charge is 2.14. The molecule has 0 bridgehead atoms. The average Bonchev–Trinajstić information content (AvgIpc) is 2.19. The van der Waals surface area contributed by atoms with Gasteiger partial charge in [-0.3, -0.25) is 4.79 Å². The standard InChI is InChI=1S/C12H25NO/c1-4-7-9-11(6-3)12(14)13-10-8-5-2/h11H,4-10H2,1-3H3,(H,13,14). The van der Waals surface area contributed by atoms with Crippen LogP contribution in [0.2, 0.25) is 0 Å². The molecule has 1 unspecified atom stereocenters. The zero-order valence-electron chi connectivity index (χ0n) is 9.94. The van der Waals surface area contributed by atoms with Crippen LogP contribution in [0.3, 0.4) is 0 Å². The van der Waals surface area contributed by atoms with E-state index in [0.29, 0.717) is 0 Å². The van der Waals surface area contributed by atoms with Gasteiger partial charge in [-0.25, -0.2) is 0 Å². The number of nitrogens with one attached hydrogen (secondary N) is 1. The summed E-state index contributed by atoms with van der Waals surface area (Å²) in [6.45, 7) is 7.25. The monoisotopic (exact) mass is 199 g/mol. The predicted molar refractivity (Wildman–Crippen MR) is 61.2 cm³/mol. The minimum atomic E-state index is 0.242. The van der Waals surface area contributed by atoms with E-state index in [1.165, 1.54) is 12.8 Å². The lowest BCUT2D eigenvalue weighted by atomic mass is 9.98. The first-order chi connectivity index (χ1) is 6.76. The van der Waals surface area contributed by atoms with Crippen molar-refractivity contribution in [3.05, 3.63) is 0 Å². The van der Waals surface area contributed by atoms with Crippen molar-refractivity contribution in [3.8, 4) is 0 Å². The van der Waals surface area contributed by atoms with Crippen LogP contribution in [0.1, 0.15) is 59.3 Å². The number of rotatable bonds is 8. The fraction of sp³-hybridized carbons (Fsp3) is 0.917. The van der Waals surface area contributed by atoms with Crippen molar-refractivity contribution in [1.82, 2.24) is 5.32 Å². The molecule has 2 nitrogen and oxygen atoms in total. The molecule has 14 heavy (non-hydrogen) atoms. The second-order valence-corrected chi connectivity index (χ2v) is 3.89. The quantitative estimate of drug-likeness (QED) is 0.598. The molecule has 0 heterocycles. The van der Waals surface area contributed by atoms with E-state index in [0.717, 1.165) is 32.2 Å². The molecular weight excluding hydrogens is 174 g/mol. The van der Waals surface area contributed by atoms with Crippen LogP contribution in [0.15, 0.2) is 0 Å². The third-order valence-electron chi connectivity index (χ3n) is 2.60. The maximum absolute atomic E-state index is 11.6. The summed E-state index contributed by atoms with van der Waals surface area (Å²) in [6, 6.07) is 0. The van der Waals surface area contributed by atoms with Gasteiger partial charge in [0.05, 0.1) is 0 Å². The van der Waals surface area contributed by atoms with Gasteiger partial charge in [0.25, 0.3) is 0 Å². The summed E-state index contributed by atoms with van der Waals surface area (Å²) in [6.07, 6.45) is 6.60. The van der Waals surface area contributed by atoms with E-state index >= 15 is 0 Å². The van der Waals surface area contributed by atoms with E-state index in [2.05, 4.69) is 26.1 Å². The molecule has 0 aromatic carbocycles. The Bertz CT molecular complexity index is 145. The van der Waals surface area contributed by atoms with Crippen LogP contribution in [0.4, 0.5) is 0 Å². The van der Waals surface area contributed by atoms with Gasteiger partial charge >= 0.3 is 0 Å². The Labute approximate surface area is 88.5 Å². The number of carbonyl (C=O) groups excluding carboxylic acids is 1. The van der Waals surface area contributed by atoms with Crippen molar-refractivity contribution >= 4 is 5.91 Å². The van der Waals surface area contributed by atoms with Crippen molar-refractivity contribution in [2.75, 3.05) is 6.54 Å². The van der Waals surface area contributed by atoms with E-state index in [1.807, 2.05) is 0 Å². The Morgan fingerprint density at radius 3 is 2.29 bits per heavy atom. The summed E-state index contributed by atoms with van der Waals surface area (Å²) >= 11 is 0. The third kappa shape index (κ3) is 6.01.